The maximum Gasteiger partial charge on any atom is 0.160 e. The fourth-order valence-electron chi connectivity index (χ4n) is 3.50. The molecule has 4 aromatic carbocycles. The van der Waals surface area contributed by atoms with E-state index in [0.29, 0.717) is 10.8 Å². The second-order valence-corrected chi connectivity index (χ2v) is 7.30. The van der Waals surface area contributed by atoms with Crippen molar-refractivity contribution in [3.8, 4) is 33.8 Å². The van der Waals surface area contributed by atoms with Crippen LogP contribution in [0.25, 0.3) is 44.7 Å². The first-order valence-corrected chi connectivity index (χ1v) is 9.84. The number of halogens is 1. The maximum atomic E-state index is 6.23. The molecule has 29 heavy (non-hydrogen) atoms. The van der Waals surface area contributed by atoms with Gasteiger partial charge in [-0.2, -0.15) is 0 Å². The van der Waals surface area contributed by atoms with Crippen molar-refractivity contribution < 1.29 is 0 Å². The Labute approximate surface area is 174 Å². The molecule has 0 radical (unpaired) electrons. The standard InChI is InChI=1S/C26H17ClN2/c27-22-10-6-9-21(17-22)25-23-11-4-5-12-24(23)28-26(29-25)20-15-13-19(14-16-20)18-7-2-1-3-8-18/h1-17H. The zero-order valence-corrected chi connectivity index (χ0v) is 16.3. The minimum atomic E-state index is 0.693. The van der Waals surface area contributed by atoms with E-state index >= 15 is 0 Å². The molecular weight excluding hydrogens is 376 g/mol. The predicted molar refractivity (Wildman–Crippen MR) is 121 cm³/mol. The molecule has 2 nitrogen and oxygen atoms in total. The summed E-state index contributed by atoms with van der Waals surface area (Å²) in [6.45, 7) is 0. The normalized spacial score (nSPS) is 10.9. The lowest BCUT2D eigenvalue weighted by atomic mass is 10.0. The van der Waals surface area contributed by atoms with Crippen LogP contribution >= 0.6 is 11.6 Å². The van der Waals surface area contributed by atoms with Crippen LogP contribution in [0.4, 0.5) is 0 Å². The van der Waals surface area contributed by atoms with Gasteiger partial charge in [0.15, 0.2) is 5.82 Å². The molecular formula is C26H17ClN2. The summed E-state index contributed by atoms with van der Waals surface area (Å²) in [4.78, 5) is 9.73. The summed E-state index contributed by atoms with van der Waals surface area (Å²) in [5.74, 6) is 0.707. The van der Waals surface area contributed by atoms with Crippen LogP contribution in [0, 0.1) is 0 Å². The van der Waals surface area contributed by atoms with Crippen molar-refractivity contribution in [3.05, 3.63) is 108 Å². The Morgan fingerprint density at radius 2 is 1.17 bits per heavy atom. The first-order chi connectivity index (χ1) is 14.3. The second kappa shape index (κ2) is 7.50. The molecule has 0 amide bonds. The van der Waals surface area contributed by atoms with Gasteiger partial charge in [0.25, 0.3) is 0 Å². The molecule has 0 fully saturated rings. The Morgan fingerprint density at radius 3 is 1.97 bits per heavy atom. The number of hydrogen-bond donors (Lipinski definition) is 0. The molecule has 0 saturated heterocycles. The van der Waals surface area contributed by atoms with Crippen molar-refractivity contribution in [2.45, 2.75) is 0 Å². The Balaban J connectivity index is 1.64. The number of hydrogen-bond acceptors (Lipinski definition) is 2. The highest BCUT2D eigenvalue weighted by molar-refractivity contribution is 6.30. The third kappa shape index (κ3) is 3.51. The average molecular weight is 393 g/mol. The first kappa shape index (κ1) is 17.6. The first-order valence-electron chi connectivity index (χ1n) is 9.46. The zero-order chi connectivity index (χ0) is 19.6. The molecule has 3 heteroatoms. The Morgan fingerprint density at radius 1 is 0.517 bits per heavy atom. The molecule has 0 aliphatic rings. The van der Waals surface area contributed by atoms with E-state index in [1.807, 2.05) is 66.7 Å². The number of rotatable bonds is 3. The van der Waals surface area contributed by atoms with E-state index in [4.69, 9.17) is 21.6 Å². The van der Waals surface area contributed by atoms with Crippen LogP contribution in [0.15, 0.2) is 103 Å². The van der Waals surface area contributed by atoms with Gasteiger partial charge in [-0.1, -0.05) is 96.5 Å². The van der Waals surface area contributed by atoms with Crippen LogP contribution in [0.3, 0.4) is 0 Å². The van der Waals surface area contributed by atoms with Crippen molar-refractivity contribution >= 4 is 22.5 Å². The van der Waals surface area contributed by atoms with E-state index < -0.39 is 0 Å². The van der Waals surface area contributed by atoms with Crippen molar-refractivity contribution in [3.63, 3.8) is 0 Å². The molecule has 138 valence electrons. The molecule has 0 atom stereocenters. The third-order valence-electron chi connectivity index (χ3n) is 4.95. The quantitative estimate of drug-likeness (QED) is 0.322. The van der Waals surface area contributed by atoms with Crippen LogP contribution in [0.5, 0.6) is 0 Å². The lowest BCUT2D eigenvalue weighted by Gasteiger charge is -2.10. The van der Waals surface area contributed by atoms with Gasteiger partial charge < -0.3 is 0 Å². The number of fused-ring (bicyclic) bond motifs is 1. The second-order valence-electron chi connectivity index (χ2n) is 6.87. The topological polar surface area (TPSA) is 25.8 Å². The van der Waals surface area contributed by atoms with E-state index in [9.17, 15) is 0 Å². The Hall–Kier alpha value is -3.49. The minimum absolute atomic E-state index is 0.693. The number of aromatic nitrogens is 2. The fourth-order valence-corrected chi connectivity index (χ4v) is 3.69. The highest BCUT2D eigenvalue weighted by Gasteiger charge is 2.11. The van der Waals surface area contributed by atoms with Gasteiger partial charge in [0.05, 0.1) is 11.2 Å². The van der Waals surface area contributed by atoms with Crippen LogP contribution in [-0.4, -0.2) is 9.97 Å². The largest absolute Gasteiger partial charge is 0.228 e. The van der Waals surface area contributed by atoms with Gasteiger partial charge in [0, 0.05) is 21.5 Å². The van der Waals surface area contributed by atoms with Crippen molar-refractivity contribution in [1.29, 1.82) is 0 Å². The van der Waals surface area contributed by atoms with E-state index in [2.05, 4.69) is 36.4 Å². The lowest BCUT2D eigenvalue weighted by Crippen LogP contribution is -1.95. The Kier molecular flexibility index (Phi) is 4.55. The molecule has 0 aliphatic carbocycles. The van der Waals surface area contributed by atoms with Crippen LogP contribution < -0.4 is 0 Å². The highest BCUT2D eigenvalue weighted by atomic mass is 35.5. The maximum absolute atomic E-state index is 6.23. The van der Waals surface area contributed by atoms with Crippen molar-refractivity contribution in [2.75, 3.05) is 0 Å². The third-order valence-corrected chi connectivity index (χ3v) is 5.19. The average Bonchev–Trinajstić information content (AvgIpc) is 2.79. The van der Waals surface area contributed by atoms with E-state index in [0.717, 1.165) is 27.7 Å². The number of benzene rings is 4. The molecule has 0 bridgehead atoms. The molecule has 5 rings (SSSR count). The summed E-state index contributed by atoms with van der Waals surface area (Å²) < 4.78 is 0. The van der Waals surface area contributed by atoms with Gasteiger partial charge in [0.1, 0.15) is 0 Å². The molecule has 1 aromatic heterocycles. The van der Waals surface area contributed by atoms with Crippen molar-refractivity contribution in [1.82, 2.24) is 9.97 Å². The zero-order valence-electron chi connectivity index (χ0n) is 15.6. The summed E-state index contributed by atoms with van der Waals surface area (Å²) in [7, 11) is 0. The molecule has 0 saturated carbocycles. The molecule has 0 spiro atoms. The summed E-state index contributed by atoms with van der Waals surface area (Å²) in [6.07, 6.45) is 0. The van der Waals surface area contributed by atoms with Gasteiger partial charge >= 0.3 is 0 Å². The van der Waals surface area contributed by atoms with Gasteiger partial charge in [-0.25, -0.2) is 9.97 Å². The summed E-state index contributed by atoms with van der Waals surface area (Å²) in [5.41, 5.74) is 6.14. The molecule has 5 aromatic rings. The molecule has 0 unspecified atom stereocenters. The molecule has 1 heterocycles. The van der Waals surface area contributed by atoms with Crippen molar-refractivity contribution in [2.24, 2.45) is 0 Å². The van der Waals surface area contributed by atoms with Crippen LogP contribution in [-0.2, 0) is 0 Å². The van der Waals surface area contributed by atoms with Gasteiger partial charge in [-0.3, -0.25) is 0 Å². The smallest absolute Gasteiger partial charge is 0.160 e. The van der Waals surface area contributed by atoms with E-state index in [-0.39, 0.29) is 0 Å². The van der Waals surface area contributed by atoms with Gasteiger partial charge in [-0.15, -0.1) is 0 Å². The van der Waals surface area contributed by atoms with Crippen LogP contribution in [0.2, 0.25) is 5.02 Å². The van der Waals surface area contributed by atoms with E-state index in [1.165, 1.54) is 11.1 Å². The summed E-state index contributed by atoms with van der Waals surface area (Å²) >= 11 is 6.23. The molecule has 0 N–H and O–H groups in total. The Bertz CT molecular complexity index is 1300. The molecule has 0 aliphatic heterocycles. The predicted octanol–water partition coefficient (Wildman–Crippen LogP) is 7.28. The van der Waals surface area contributed by atoms with Gasteiger partial charge in [0.2, 0.25) is 0 Å². The number of para-hydroxylation sites is 1. The summed E-state index contributed by atoms with van der Waals surface area (Å²) in [6, 6.07) is 34.6. The minimum Gasteiger partial charge on any atom is -0.228 e. The lowest BCUT2D eigenvalue weighted by molar-refractivity contribution is 1.23. The van der Waals surface area contributed by atoms with Gasteiger partial charge in [-0.05, 0) is 29.3 Å². The van der Waals surface area contributed by atoms with E-state index in [1.54, 1.807) is 0 Å². The fraction of sp³-hybridized carbons (Fsp3) is 0. The highest BCUT2D eigenvalue weighted by Crippen LogP contribution is 2.31. The summed E-state index contributed by atoms with van der Waals surface area (Å²) in [5, 5.41) is 1.71. The van der Waals surface area contributed by atoms with Crippen LogP contribution in [0.1, 0.15) is 0 Å². The monoisotopic (exact) mass is 392 g/mol. The SMILES string of the molecule is Clc1cccc(-c2nc(-c3ccc(-c4ccccc4)cc3)nc3ccccc23)c1. The number of nitrogens with zero attached hydrogens (tertiary/aromatic N) is 2.